The van der Waals surface area contributed by atoms with Crippen LogP contribution in [0.1, 0.15) is 12.8 Å². The number of benzene rings is 2. The van der Waals surface area contributed by atoms with Crippen LogP contribution in [-0.4, -0.2) is 33.5 Å². The summed E-state index contributed by atoms with van der Waals surface area (Å²) in [5.74, 6) is -0.400. The van der Waals surface area contributed by atoms with Crippen molar-refractivity contribution in [2.45, 2.75) is 17.7 Å². The fourth-order valence-corrected chi connectivity index (χ4v) is 4.19. The third-order valence-corrected chi connectivity index (χ3v) is 5.73. The predicted octanol–water partition coefficient (Wildman–Crippen LogP) is 3.14. The van der Waals surface area contributed by atoms with Gasteiger partial charge in [-0.25, -0.2) is 12.8 Å². The standard InChI is InChI=1S/C17H18FN3O5S/c1-26-13-5-7-17(16(11-13)21(22)23)27(24,25)19-12-4-6-15(14(18)10-12)20-8-2-3-9-20/h4-7,10-11,19H,2-3,8-9H2,1H3. The van der Waals surface area contributed by atoms with E-state index < -0.39 is 31.3 Å². The molecule has 0 atom stereocenters. The van der Waals surface area contributed by atoms with Crippen LogP contribution in [0.5, 0.6) is 5.75 Å². The van der Waals surface area contributed by atoms with E-state index in [9.17, 15) is 22.9 Å². The lowest BCUT2D eigenvalue weighted by Crippen LogP contribution is -2.19. The van der Waals surface area contributed by atoms with Crippen molar-refractivity contribution in [3.8, 4) is 5.75 Å². The summed E-state index contributed by atoms with van der Waals surface area (Å²) in [7, 11) is -2.97. The van der Waals surface area contributed by atoms with E-state index in [0.717, 1.165) is 44.1 Å². The fraction of sp³-hybridized carbons (Fsp3) is 0.294. The Morgan fingerprint density at radius 3 is 2.48 bits per heavy atom. The van der Waals surface area contributed by atoms with E-state index in [2.05, 4.69) is 4.72 Å². The van der Waals surface area contributed by atoms with Crippen molar-refractivity contribution in [2.75, 3.05) is 29.8 Å². The SMILES string of the molecule is COc1ccc(S(=O)(=O)Nc2ccc(N3CCCC3)c(F)c2)c([N+](=O)[O-])c1. The maximum Gasteiger partial charge on any atom is 0.293 e. The number of halogens is 1. The molecule has 0 bridgehead atoms. The molecule has 27 heavy (non-hydrogen) atoms. The second-order valence-electron chi connectivity index (χ2n) is 6.06. The number of hydrogen-bond donors (Lipinski definition) is 1. The Hall–Kier alpha value is -2.88. The van der Waals surface area contributed by atoms with Gasteiger partial charge in [0.2, 0.25) is 0 Å². The van der Waals surface area contributed by atoms with Gasteiger partial charge in [-0.1, -0.05) is 0 Å². The van der Waals surface area contributed by atoms with E-state index in [4.69, 9.17) is 4.74 Å². The molecule has 0 unspecified atom stereocenters. The lowest BCUT2D eigenvalue weighted by atomic mass is 10.2. The van der Waals surface area contributed by atoms with Crippen molar-refractivity contribution in [1.29, 1.82) is 0 Å². The van der Waals surface area contributed by atoms with Crippen LogP contribution >= 0.6 is 0 Å². The third-order valence-electron chi connectivity index (χ3n) is 4.30. The topological polar surface area (TPSA) is 102 Å². The first-order valence-electron chi connectivity index (χ1n) is 8.21. The first-order chi connectivity index (χ1) is 12.8. The van der Waals surface area contributed by atoms with E-state index >= 15 is 0 Å². The van der Waals surface area contributed by atoms with Crippen molar-refractivity contribution in [2.24, 2.45) is 0 Å². The van der Waals surface area contributed by atoms with Gasteiger partial charge >= 0.3 is 0 Å². The highest BCUT2D eigenvalue weighted by atomic mass is 32.2. The second kappa shape index (κ2) is 7.39. The summed E-state index contributed by atoms with van der Waals surface area (Å²) in [6, 6.07) is 7.41. The van der Waals surface area contributed by atoms with Gasteiger partial charge < -0.3 is 9.64 Å². The molecule has 10 heteroatoms. The number of nitro benzene ring substituents is 1. The van der Waals surface area contributed by atoms with Crippen LogP contribution in [0.3, 0.4) is 0 Å². The molecule has 0 aliphatic carbocycles. The molecule has 1 aliphatic heterocycles. The highest BCUT2D eigenvalue weighted by Crippen LogP contribution is 2.31. The van der Waals surface area contributed by atoms with Crippen molar-refractivity contribution in [3.63, 3.8) is 0 Å². The number of ether oxygens (including phenoxy) is 1. The molecule has 144 valence electrons. The Kier molecular flexibility index (Phi) is 5.17. The molecule has 1 heterocycles. The van der Waals surface area contributed by atoms with Crippen LogP contribution in [-0.2, 0) is 10.0 Å². The smallest absolute Gasteiger partial charge is 0.293 e. The van der Waals surface area contributed by atoms with Crippen molar-refractivity contribution < 1.29 is 22.5 Å². The number of anilines is 2. The summed E-state index contributed by atoms with van der Waals surface area (Å²) in [6.07, 6.45) is 1.96. The first-order valence-corrected chi connectivity index (χ1v) is 9.70. The Labute approximate surface area is 155 Å². The summed E-state index contributed by atoms with van der Waals surface area (Å²) < 4.78 is 46.7. The molecule has 8 nitrogen and oxygen atoms in total. The zero-order valence-corrected chi connectivity index (χ0v) is 15.3. The van der Waals surface area contributed by atoms with Crippen LogP contribution < -0.4 is 14.4 Å². The summed E-state index contributed by atoms with van der Waals surface area (Å²) >= 11 is 0. The molecule has 1 saturated heterocycles. The van der Waals surface area contributed by atoms with Gasteiger partial charge in [0.15, 0.2) is 4.90 Å². The number of nitrogens with one attached hydrogen (secondary N) is 1. The number of hydrogen-bond acceptors (Lipinski definition) is 6. The quantitative estimate of drug-likeness (QED) is 0.596. The van der Waals surface area contributed by atoms with Crippen molar-refractivity contribution >= 4 is 27.1 Å². The van der Waals surface area contributed by atoms with E-state index in [0.29, 0.717) is 5.69 Å². The van der Waals surface area contributed by atoms with E-state index in [1.165, 1.54) is 25.3 Å². The van der Waals surface area contributed by atoms with E-state index in [-0.39, 0.29) is 11.4 Å². The molecule has 0 aromatic heterocycles. The van der Waals surface area contributed by atoms with Crippen molar-refractivity contribution in [1.82, 2.24) is 0 Å². The van der Waals surface area contributed by atoms with Gasteiger partial charge in [-0.2, -0.15) is 0 Å². The minimum absolute atomic E-state index is 0.0134. The van der Waals surface area contributed by atoms with E-state index in [1.54, 1.807) is 0 Å². The normalized spacial score (nSPS) is 14.2. The zero-order valence-electron chi connectivity index (χ0n) is 14.5. The van der Waals surface area contributed by atoms with Gasteiger partial charge in [-0.05, 0) is 37.1 Å². The molecule has 0 spiro atoms. The summed E-state index contributed by atoms with van der Waals surface area (Å²) in [6.45, 7) is 1.50. The van der Waals surface area contributed by atoms with Crippen LogP contribution in [0, 0.1) is 15.9 Å². The van der Waals surface area contributed by atoms with Crippen LogP contribution in [0.25, 0.3) is 0 Å². The molecule has 1 N–H and O–H groups in total. The van der Waals surface area contributed by atoms with Crippen molar-refractivity contribution in [3.05, 3.63) is 52.3 Å². The molecule has 1 fully saturated rings. The number of nitro groups is 1. The second-order valence-corrected chi connectivity index (χ2v) is 7.71. The maximum atomic E-state index is 14.4. The minimum Gasteiger partial charge on any atom is -0.497 e. The molecule has 0 amide bonds. The van der Waals surface area contributed by atoms with Gasteiger partial charge in [0.25, 0.3) is 15.7 Å². The average molecular weight is 395 g/mol. The molecule has 1 aliphatic rings. The van der Waals surface area contributed by atoms with Gasteiger partial charge in [0.05, 0.1) is 29.5 Å². The zero-order chi connectivity index (χ0) is 19.6. The number of methoxy groups -OCH3 is 1. The number of rotatable bonds is 6. The molecule has 0 radical (unpaired) electrons. The highest BCUT2D eigenvalue weighted by molar-refractivity contribution is 7.92. The van der Waals surface area contributed by atoms with Gasteiger partial charge in [-0.3, -0.25) is 14.8 Å². The molecular formula is C17H18FN3O5S. The van der Waals surface area contributed by atoms with Gasteiger partial charge in [0.1, 0.15) is 11.6 Å². The number of nitrogens with zero attached hydrogens (tertiary/aromatic N) is 2. The van der Waals surface area contributed by atoms with Crippen LogP contribution in [0.4, 0.5) is 21.5 Å². The Morgan fingerprint density at radius 2 is 1.89 bits per heavy atom. The molecule has 0 saturated carbocycles. The Morgan fingerprint density at radius 1 is 1.19 bits per heavy atom. The minimum atomic E-state index is -4.29. The largest absolute Gasteiger partial charge is 0.497 e. The van der Waals surface area contributed by atoms with Crippen LogP contribution in [0.2, 0.25) is 0 Å². The fourth-order valence-electron chi connectivity index (χ4n) is 2.99. The third kappa shape index (κ3) is 3.95. The molecule has 2 aromatic carbocycles. The van der Waals surface area contributed by atoms with Crippen LogP contribution in [0.15, 0.2) is 41.3 Å². The Balaban J connectivity index is 1.91. The molecule has 3 rings (SSSR count). The van der Waals surface area contributed by atoms with Gasteiger partial charge in [0, 0.05) is 19.2 Å². The lowest BCUT2D eigenvalue weighted by molar-refractivity contribution is -0.387. The monoisotopic (exact) mass is 395 g/mol. The predicted molar refractivity (Wildman–Crippen MR) is 98.3 cm³/mol. The van der Waals surface area contributed by atoms with Gasteiger partial charge in [-0.15, -0.1) is 0 Å². The Bertz CT molecular complexity index is 975. The average Bonchev–Trinajstić information content (AvgIpc) is 3.15. The molecular weight excluding hydrogens is 377 g/mol. The summed E-state index contributed by atoms with van der Waals surface area (Å²) in [5, 5.41) is 11.2. The first kappa shape index (κ1) is 18.9. The maximum absolute atomic E-state index is 14.4. The summed E-state index contributed by atoms with van der Waals surface area (Å²) in [5.41, 5.74) is -0.234. The number of sulfonamides is 1. The highest BCUT2D eigenvalue weighted by Gasteiger charge is 2.27. The lowest BCUT2D eigenvalue weighted by Gasteiger charge is -2.19. The molecule has 2 aromatic rings. The summed E-state index contributed by atoms with van der Waals surface area (Å²) in [4.78, 5) is 11.8. The van der Waals surface area contributed by atoms with E-state index in [1.807, 2.05) is 4.90 Å².